The minimum Gasteiger partial charge on any atom is -0.312 e. The van der Waals surface area contributed by atoms with Crippen LogP contribution in [-0.4, -0.2) is 12.4 Å². The number of amidine groups is 1. The van der Waals surface area contributed by atoms with Crippen molar-refractivity contribution in [2.24, 2.45) is 16.8 Å². The van der Waals surface area contributed by atoms with E-state index in [0.717, 1.165) is 25.2 Å². The molecule has 0 atom stereocenters. The Morgan fingerprint density at radius 3 is 2.18 bits per heavy atom. The standard InChI is InChI=1S/C8H19N3/c1-4-7(5-2)8(11-9)10-6-3/h7H,4-6,9H2,1-3H3,(H,10,11). The van der Waals surface area contributed by atoms with E-state index in [0.29, 0.717) is 5.92 Å². The molecule has 66 valence electrons. The number of rotatable bonds is 4. The molecule has 3 heteroatoms. The van der Waals surface area contributed by atoms with E-state index in [2.05, 4.69) is 24.3 Å². The van der Waals surface area contributed by atoms with Crippen molar-refractivity contribution in [3.05, 3.63) is 0 Å². The molecule has 0 saturated heterocycles. The molecule has 0 aromatic rings. The van der Waals surface area contributed by atoms with Gasteiger partial charge in [-0.25, -0.2) is 5.84 Å². The van der Waals surface area contributed by atoms with Gasteiger partial charge >= 0.3 is 0 Å². The molecule has 3 N–H and O–H groups in total. The maximum atomic E-state index is 5.33. The van der Waals surface area contributed by atoms with Crippen molar-refractivity contribution < 1.29 is 0 Å². The minimum absolute atomic E-state index is 0.500. The summed E-state index contributed by atoms with van der Waals surface area (Å²) < 4.78 is 0. The average molecular weight is 157 g/mol. The van der Waals surface area contributed by atoms with Gasteiger partial charge in [-0.1, -0.05) is 13.8 Å². The first kappa shape index (κ1) is 10.4. The molecule has 3 nitrogen and oxygen atoms in total. The first-order valence-corrected chi connectivity index (χ1v) is 4.31. The van der Waals surface area contributed by atoms with Crippen molar-refractivity contribution in [2.75, 3.05) is 6.54 Å². The van der Waals surface area contributed by atoms with E-state index in [1.54, 1.807) is 0 Å². The van der Waals surface area contributed by atoms with Crippen molar-refractivity contribution in [3.63, 3.8) is 0 Å². The first-order valence-electron chi connectivity index (χ1n) is 4.31. The van der Waals surface area contributed by atoms with Gasteiger partial charge in [0.2, 0.25) is 0 Å². The number of nitrogens with zero attached hydrogens (tertiary/aromatic N) is 1. The molecule has 0 fully saturated rings. The number of hydrogen-bond donors (Lipinski definition) is 2. The van der Waals surface area contributed by atoms with Crippen LogP contribution >= 0.6 is 0 Å². The molecule has 0 radical (unpaired) electrons. The molecule has 0 aromatic carbocycles. The van der Waals surface area contributed by atoms with Gasteiger partial charge in [-0.2, -0.15) is 0 Å². The third-order valence-electron chi connectivity index (χ3n) is 1.85. The normalized spacial score (nSPS) is 12.3. The van der Waals surface area contributed by atoms with E-state index in [4.69, 9.17) is 5.84 Å². The van der Waals surface area contributed by atoms with Crippen LogP contribution in [0, 0.1) is 5.92 Å². The molecule has 0 aromatic heterocycles. The van der Waals surface area contributed by atoms with E-state index in [9.17, 15) is 0 Å². The fourth-order valence-corrected chi connectivity index (χ4v) is 1.14. The number of nitrogens with two attached hydrogens (primary N) is 1. The molecule has 11 heavy (non-hydrogen) atoms. The van der Waals surface area contributed by atoms with Gasteiger partial charge in [0.15, 0.2) is 0 Å². The second-order valence-corrected chi connectivity index (χ2v) is 2.52. The van der Waals surface area contributed by atoms with Crippen LogP contribution in [0.15, 0.2) is 4.99 Å². The molecule has 0 aliphatic carbocycles. The molecule has 0 amide bonds. The summed E-state index contributed by atoms with van der Waals surface area (Å²) in [5, 5.41) is 0. The van der Waals surface area contributed by atoms with Crippen molar-refractivity contribution in [2.45, 2.75) is 33.6 Å². The lowest BCUT2D eigenvalue weighted by Gasteiger charge is -2.14. The highest BCUT2D eigenvalue weighted by molar-refractivity contribution is 5.83. The summed E-state index contributed by atoms with van der Waals surface area (Å²) in [5.41, 5.74) is 2.65. The number of aliphatic imine (C=N–C) groups is 1. The van der Waals surface area contributed by atoms with Crippen molar-refractivity contribution in [1.82, 2.24) is 5.43 Å². The monoisotopic (exact) mass is 157 g/mol. The highest BCUT2D eigenvalue weighted by Gasteiger charge is 2.08. The number of hydrogen-bond acceptors (Lipinski definition) is 2. The Balaban J connectivity index is 4.09. The molecular formula is C8H19N3. The van der Waals surface area contributed by atoms with E-state index in [1.807, 2.05) is 6.92 Å². The molecule has 0 heterocycles. The fraction of sp³-hybridized carbons (Fsp3) is 0.875. The summed E-state index contributed by atoms with van der Waals surface area (Å²) in [6, 6.07) is 0. The van der Waals surface area contributed by atoms with Gasteiger partial charge in [0.25, 0.3) is 0 Å². The quantitative estimate of drug-likeness (QED) is 0.280. The van der Waals surface area contributed by atoms with Gasteiger partial charge < -0.3 is 5.43 Å². The van der Waals surface area contributed by atoms with Gasteiger partial charge in [0, 0.05) is 12.5 Å². The Kier molecular flexibility index (Phi) is 5.84. The molecule has 0 saturated carbocycles. The van der Waals surface area contributed by atoms with E-state index < -0.39 is 0 Å². The van der Waals surface area contributed by atoms with Crippen LogP contribution in [0.4, 0.5) is 0 Å². The lowest BCUT2D eigenvalue weighted by atomic mass is 10.0. The summed E-state index contributed by atoms with van der Waals surface area (Å²) in [5.74, 6) is 6.77. The molecule has 0 bridgehead atoms. The van der Waals surface area contributed by atoms with Gasteiger partial charge in [0.05, 0.1) is 0 Å². The maximum absolute atomic E-state index is 5.33. The van der Waals surface area contributed by atoms with Gasteiger partial charge in [0.1, 0.15) is 5.84 Å². The number of nitrogens with one attached hydrogen (secondary N) is 1. The van der Waals surface area contributed by atoms with Crippen molar-refractivity contribution >= 4 is 5.84 Å². The Morgan fingerprint density at radius 2 is 1.91 bits per heavy atom. The van der Waals surface area contributed by atoms with Crippen molar-refractivity contribution in [1.29, 1.82) is 0 Å². The second kappa shape index (κ2) is 6.16. The SMILES string of the molecule is CCN=C(NN)C(CC)CC. The predicted molar refractivity (Wildman–Crippen MR) is 49.4 cm³/mol. The van der Waals surface area contributed by atoms with E-state index in [1.165, 1.54) is 0 Å². The fourth-order valence-electron chi connectivity index (χ4n) is 1.14. The van der Waals surface area contributed by atoms with Crippen LogP contribution in [0.2, 0.25) is 0 Å². The Bertz CT molecular complexity index is 117. The number of hydrazine groups is 1. The second-order valence-electron chi connectivity index (χ2n) is 2.52. The molecule has 0 rings (SSSR count). The average Bonchev–Trinajstić information content (AvgIpc) is 2.05. The zero-order valence-corrected chi connectivity index (χ0v) is 7.72. The van der Waals surface area contributed by atoms with Crippen LogP contribution in [0.1, 0.15) is 33.6 Å². The van der Waals surface area contributed by atoms with E-state index >= 15 is 0 Å². The highest BCUT2D eigenvalue weighted by Crippen LogP contribution is 2.07. The lowest BCUT2D eigenvalue weighted by molar-refractivity contribution is 0.617. The Labute approximate surface area is 69.0 Å². The summed E-state index contributed by atoms with van der Waals surface area (Å²) in [4.78, 5) is 4.27. The van der Waals surface area contributed by atoms with Crippen LogP contribution < -0.4 is 11.3 Å². The summed E-state index contributed by atoms with van der Waals surface area (Å²) >= 11 is 0. The molecule has 0 aliphatic heterocycles. The van der Waals surface area contributed by atoms with Crippen LogP contribution in [0.25, 0.3) is 0 Å². The summed E-state index contributed by atoms with van der Waals surface area (Å²) in [6.07, 6.45) is 2.19. The zero-order valence-electron chi connectivity index (χ0n) is 7.72. The van der Waals surface area contributed by atoms with Crippen molar-refractivity contribution in [3.8, 4) is 0 Å². The van der Waals surface area contributed by atoms with Gasteiger partial charge in [-0.3, -0.25) is 4.99 Å². The highest BCUT2D eigenvalue weighted by atomic mass is 15.3. The molecule has 0 aliphatic rings. The smallest absolute Gasteiger partial charge is 0.113 e. The zero-order chi connectivity index (χ0) is 8.69. The van der Waals surface area contributed by atoms with Gasteiger partial charge in [-0.15, -0.1) is 0 Å². The first-order chi connectivity index (χ1) is 5.29. The van der Waals surface area contributed by atoms with E-state index in [-0.39, 0.29) is 0 Å². The maximum Gasteiger partial charge on any atom is 0.113 e. The topological polar surface area (TPSA) is 50.4 Å². The lowest BCUT2D eigenvalue weighted by Crippen LogP contribution is -2.36. The minimum atomic E-state index is 0.500. The predicted octanol–water partition coefficient (Wildman–Crippen LogP) is 1.30. The summed E-state index contributed by atoms with van der Waals surface area (Å²) in [7, 11) is 0. The third kappa shape index (κ3) is 3.37. The molecular weight excluding hydrogens is 138 g/mol. The largest absolute Gasteiger partial charge is 0.312 e. The van der Waals surface area contributed by atoms with Crippen LogP contribution in [0.3, 0.4) is 0 Å². The molecule has 0 unspecified atom stereocenters. The third-order valence-corrected chi connectivity index (χ3v) is 1.85. The van der Waals surface area contributed by atoms with Crippen LogP contribution in [-0.2, 0) is 0 Å². The van der Waals surface area contributed by atoms with Gasteiger partial charge in [-0.05, 0) is 19.8 Å². The Morgan fingerprint density at radius 1 is 1.36 bits per heavy atom. The molecule has 0 spiro atoms. The summed E-state index contributed by atoms with van der Waals surface area (Å²) in [6.45, 7) is 7.11. The Hall–Kier alpha value is -0.570. The van der Waals surface area contributed by atoms with Crippen LogP contribution in [0.5, 0.6) is 0 Å².